The molecule has 0 aliphatic carbocycles. The first-order valence-electron chi connectivity index (χ1n) is 7.24. The predicted molar refractivity (Wildman–Crippen MR) is 97.0 cm³/mol. The Labute approximate surface area is 147 Å². The molecule has 0 spiro atoms. The van der Waals surface area contributed by atoms with E-state index in [2.05, 4.69) is 67.6 Å². The van der Waals surface area contributed by atoms with Crippen LogP contribution >= 0.6 is 43.2 Å². The van der Waals surface area contributed by atoms with Gasteiger partial charge in [-0.2, -0.15) is 5.10 Å². The predicted octanol–water partition coefficient (Wildman–Crippen LogP) is 4.85. The van der Waals surface area contributed by atoms with Crippen LogP contribution in [-0.4, -0.2) is 16.3 Å². The van der Waals surface area contributed by atoms with Crippen LogP contribution in [0.15, 0.2) is 20.4 Å². The molecule has 116 valence electrons. The Hall–Kier alpha value is -0.170. The molecule has 2 heterocycles. The van der Waals surface area contributed by atoms with E-state index in [9.17, 15) is 0 Å². The molecule has 0 saturated heterocycles. The molecule has 0 radical (unpaired) electrons. The number of hydrogen-bond donors (Lipinski definition) is 1. The van der Waals surface area contributed by atoms with Gasteiger partial charge in [-0.25, -0.2) is 0 Å². The van der Waals surface area contributed by atoms with Gasteiger partial charge in [-0.15, -0.1) is 11.3 Å². The van der Waals surface area contributed by atoms with Crippen LogP contribution in [0.3, 0.4) is 0 Å². The van der Waals surface area contributed by atoms with Crippen molar-refractivity contribution in [2.45, 2.75) is 39.2 Å². The Morgan fingerprint density at radius 2 is 2.14 bits per heavy atom. The van der Waals surface area contributed by atoms with Crippen LogP contribution in [0.2, 0.25) is 0 Å². The zero-order valence-corrected chi connectivity index (χ0v) is 16.6. The highest BCUT2D eigenvalue weighted by Crippen LogP contribution is 2.33. The maximum atomic E-state index is 4.60. The van der Waals surface area contributed by atoms with E-state index in [4.69, 9.17) is 0 Å². The Morgan fingerprint density at radius 3 is 2.67 bits per heavy atom. The van der Waals surface area contributed by atoms with E-state index in [1.807, 2.05) is 11.7 Å². The minimum atomic E-state index is 0.315. The molecule has 1 unspecified atom stereocenters. The third-order valence-corrected chi connectivity index (χ3v) is 6.40. The van der Waals surface area contributed by atoms with Crippen LogP contribution in [0.4, 0.5) is 0 Å². The molecule has 0 aromatic carbocycles. The van der Waals surface area contributed by atoms with Gasteiger partial charge in [0.15, 0.2) is 0 Å². The van der Waals surface area contributed by atoms with Gasteiger partial charge in [0.05, 0.1) is 15.9 Å². The second-order valence-corrected chi connectivity index (χ2v) is 7.62. The summed E-state index contributed by atoms with van der Waals surface area (Å²) in [7, 11) is 2.03. The number of aryl methyl sites for hydroxylation is 2. The molecule has 0 fully saturated rings. The largest absolute Gasteiger partial charge is 0.309 e. The number of rotatable bonds is 7. The number of thiophene rings is 1. The van der Waals surface area contributed by atoms with Gasteiger partial charge in [-0.3, -0.25) is 4.68 Å². The summed E-state index contributed by atoms with van der Waals surface area (Å²) in [4.78, 5) is 1.36. The summed E-state index contributed by atoms with van der Waals surface area (Å²) in [5.41, 5.74) is 2.38. The van der Waals surface area contributed by atoms with Crippen LogP contribution in [0.25, 0.3) is 0 Å². The first kappa shape index (κ1) is 17.2. The van der Waals surface area contributed by atoms with Gasteiger partial charge in [-0.1, -0.05) is 13.8 Å². The summed E-state index contributed by atoms with van der Waals surface area (Å²) < 4.78 is 4.35. The second kappa shape index (κ2) is 7.90. The highest BCUT2D eigenvalue weighted by Gasteiger charge is 2.21. The molecule has 3 nitrogen and oxygen atoms in total. The SMILES string of the molecule is CCCNC(Cc1c(Br)c(CC)nn1C)c1sccc1Br. The number of hydrogen-bond acceptors (Lipinski definition) is 3. The van der Waals surface area contributed by atoms with Gasteiger partial charge >= 0.3 is 0 Å². The fourth-order valence-electron chi connectivity index (χ4n) is 2.37. The molecule has 6 heteroatoms. The zero-order chi connectivity index (χ0) is 15.4. The van der Waals surface area contributed by atoms with Gasteiger partial charge in [0.2, 0.25) is 0 Å². The average molecular weight is 435 g/mol. The quantitative estimate of drug-likeness (QED) is 0.674. The second-order valence-electron chi connectivity index (χ2n) is 5.03. The molecule has 0 saturated carbocycles. The molecule has 0 amide bonds. The minimum absolute atomic E-state index is 0.315. The first-order valence-corrected chi connectivity index (χ1v) is 9.71. The van der Waals surface area contributed by atoms with Crippen molar-refractivity contribution in [1.29, 1.82) is 0 Å². The highest BCUT2D eigenvalue weighted by molar-refractivity contribution is 9.10. The third-order valence-electron chi connectivity index (χ3n) is 3.50. The van der Waals surface area contributed by atoms with Gasteiger partial charge in [-0.05, 0) is 62.7 Å². The summed E-state index contributed by atoms with van der Waals surface area (Å²) in [6.45, 7) is 5.35. The normalized spacial score (nSPS) is 12.8. The molecule has 1 N–H and O–H groups in total. The molecule has 0 bridgehead atoms. The number of halogens is 2. The van der Waals surface area contributed by atoms with Gasteiger partial charge in [0, 0.05) is 28.9 Å². The lowest BCUT2D eigenvalue weighted by molar-refractivity contribution is 0.516. The molecule has 2 aromatic rings. The summed E-state index contributed by atoms with van der Waals surface area (Å²) >= 11 is 9.18. The number of aromatic nitrogens is 2. The summed E-state index contributed by atoms with van der Waals surface area (Å²) in [5.74, 6) is 0. The van der Waals surface area contributed by atoms with Crippen molar-refractivity contribution in [2.24, 2.45) is 7.05 Å². The fourth-order valence-corrected chi connectivity index (χ4v) is 4.87. The van der Waals surface area contributed by atoms with E-state index in [1.165, 1.54) is 15.0 Å². The zero-order valence-electron chi connectivity index (χ0n) is 12.6. The summed E-state index contributed by atoms with van der Waals surface area (Å²) in [5, 5.41) is 10.4. The van der Waals surface area contributed by atoms with E-state index in [0.29, 0.717) is 6.04 Å². The van der Waals surface area contributed by atoms with Gasteiger partial charge < -0.3 is 5.32 Å². The van der Waals surface area contributed by atoms with Crippen LogP contribution in [0.5, 0.6) is 0 Å². The fraction of sp³-hybridized carbons (Fsp3) is 0.533. The third kappa shape index (κ3) is 3.97. The maximum Gasteiger partial charge on any atom is 0.0766 e. The van der Waals surface area contributed by atoms with E-state index in [1.54, 1.807) is 11.3 Å². The lowest BCUT2D eigenvalue weighted by Crippen LogP contribution is -2.24. The van der Waals surface area contributed by atoms with Crippen LogP contribution in [-0.2, 0) is 19.9 Å². The molecule has 0 aliphatic rings. The molecule has 21 heavy (non-hydrogen) atoms. The van der Waals surface area contributed by atoms with Crippen molar-refractivity contribution >= 4 is 43.2 Å². The number of nitrogens with one attached hydrogen (secondary N) is 1. The Morgan fingerprint density at radius 1 is 1.38 bits per heavy atom. The van der Waals surface area contributed by atoms with E-state index in [0.717, 1.165) is 36.0 Å². The lowest BCUT2D eigenvalue weighted by atomic mass is 10.1. The monoisotopic (exact) mass is 433 g/mol. The Kier molecular flexibility index (Phi) is 6.47. The standard InChI is InChI=1S/C15H21Br2N3S/c1-4-7-18-12(15-10(16)6-8-21-15)9-13-14(17)11(5-2)19-20(13)3/h6,8,12,18H,4-5,7,9H2,1-3H3. The minimum Gasteiger partial charge on any atom is -0.309 e. The van der Waals surface area contributed by atoms with Crippen molar-refractivity contribution in [3.63, 3.8) is 0 Å². The van der Waals surface area contributed by atoms with Crippen LogP contribution in [0.1, 0.15) is 42.6 Å². The van der Waals surface area contributed by atoms with Crippen molar-refractivity contribution < 1.29 is 0 Å². The van der Waals surface area contributed by atoms with Gasteiger partial charge in [0.1, 0.15) is 0 Å². The molecular formula is C15H21Br2N3S. The van der Waals surface area contributed by atoms with E-state index < -0.39 is 0 Å². The summed E-state index contributed by atoms with van der Waals surface area (Å²) in [6, 6.07) is 2.44. The summed E-state index contributed by atoms with van der Waals surface area (Å²) in [6.07, 6.45) is 3.01. The topological polar surface area (TPSA) is 29.9 Å². The van der Waals surface area contributed by atoms with Crippen molar-refractivity contribution in [1.82, 2.24) is 15.1 Å². The van der Waals surface area contributed by atoms with Crippen LogP contribution in [0, 0.1) is 0 Å². The Balaban J connectivity index is 2.27. The molecule has 2 rings (SSSR count). The first-order chi connectivity index (χ1) is 10.1. The highest BCUT2D eigenvalue weighted by atomic mass is 79.9. The molecule has 0 aliphatic heterocycles. The van der Waals surface area contributed by atoms with Crippen molar-refractivity contribution in [2.75, 3.05) is 6.54 Å². The van der Waals surface area contributed by atoms with Crippen molar-refractivity contribution in [3.05, 3.63) is 36.7 Å². The van der Waals surface area contributed by atoms with Gasteiger partial charge in [0.25, 0.3) is 0 Å². The number of nitrogens with zero attached hydrogens (tertiary/aromatic N) is 2. The molecule has 2 aromatic heterocycles. The maximum absolute atomic E-state index is 4.60. The lowest BCUT2D eigenvalue weighted by Gasteiger charge is -2.18. The average Bonchev–Trinajstić information content (AvgIpc) is 3.00. The van der Waals surface area contributed by atoms with E-state index >= 15 is 0 Å². The smallest absolute Gasteiger partial charge is 0.0766 e. The van der Waals surface area contributed by atoms with E-state index in [-0.39, 0.29) is 0 Å². The van der Waals surface area contributed by atoms with Crippen molar-refractivity contribution in [3.8, 4) is 0 Å². The Bertz CT molecular complexity index is 592. The van der Waals surface area contributed by atoms with Crippen LogP contribution < -0.4 is 5.32 Å². The molecular weight excluding hydrogens is 414 g/mol. The molecule has 1 atom stereocenters.